The number of benzene rings is 1. The minimum absolute atomic E-state index is 0. The maximum absolute atomic E-state index is 5.65. The molecule has 2 heteroatoms. The maximum Gasteiger partial charge on any atom is 0.0314 e. The maximum atomic E-state index is 5.65. The van der Waals surface area contributed by atoms with E-state index in [0.717, 1.165) is 11.6 Å². The van der Waals surface area contributed by atoms with Crippen LogP contribution in [0, 0.1) is 5.41 Å². The summed E-state index contributed by atoms with van der Waals surface area (Å²) in [7, 11) is 0. The molecule has 1 fully saturated rings. The van der Waals surface area contributed by atoms with E-state index in [4.69, 9.17) is 5.73 Å². The Morgan fingerprint density at radius 1 is 1.21 bits per heavy atom. The number of rotatable bonds is 1. The van der Waals surface area contributed by atoms with E-state index in [0.29, 0.717) is 5.41 Å². The van der Waals surface area contributed by atoms with Gasteiger partial charge in [0.1, 0.15) is 0 Å². The van der Waals surface area contributed by atoms with E-state index in [1.807, 2.05) is 12.1 Å². The second-order valence-corrected chi connectivity index (χ2v) is 4.75. The van der Waals surface area contributed by atoms with Crippen LogP contribution in [0.4, 0.5) is 5.69 Å². The van der Waals surface area contributed by atoms with Gasteiger partial charge >= 0.3 is 0 Å². The summed E-state index contributed by atoms with van der Waals surface area (Å²) in [6, 6.07) is 8.34. The number of halogens is 1. The molecule has 0 heterocycles. The zero-order valence-corrected chi connectivity index (χ0v) is 9.60. The highest BCUT2D eigenvalue weighted by Gasteiger charge is 2.38. The number of anilines is 1. The first-order valence-corrected chi connectivity index (χ1v) is 4.95. The van der Waals surface area contributed by atoms with Crippen molar-refractivity contribution in [2.24, 2.45) is 5.41 Å². The van der Waals surface area contributed by atoms with Crippen molar-refractivity contribution in [3.63, 3.8) is 0 Å². The van der Waals surface area contributed by atoms with Gasteiger partial charge in [0.2, 0.25) is 0 Å². The molecular formula is C12H18ClN. The lowest BCUT2D eigenvalue weighted by Gasteiger charge is -2.45. The first kappa shape index (κ1) is 11.4. The van der Waals surface area contributed by atoms with E-state index in [1.54, 1.807) is 0 Å². The summed E-state index contributed by atoms with van der Waals surface area (Å²) in [5.74, 6) is 0.744. The molecule has 0 saturated heterocycles. The van der Waals surface area contributed by atoms with Gasteiger partial charge in [-0.05, 0) is 41.9 Å². The van der Waals surface area contributed by atoms with Crippen LogP contribution in [0.2, 0.25) is 0 Å². The molecule has 2 rings (SSSR count). The molecule has 1 aliphatic rings. The zero-order valence-electron chi connectivity index (χ0n) is 8.79. The lowest BCUT2D eigenvalue weighted by atomic mass is 9.60. The van der Waals surface area contributed by atoms with Crippen LogP contribution in [0.3, 0.4) is 0 Å². The van der Waals surface area contributed by atoms with E-state index in [1.165, 1.54) is 18.4 Å². The first-order valence-electron chi connectivity index (χ1n) is 4.95. The Morgan fingerprint density at radius 2 is 1.79 bits per heavy atom. The fraction of sp³-hybridized carbons (Fsp3) is 0.500. The largest absolute Gasteiger partial charge is 0.399 e. The summed E-state index contributed by atoms with van der Waals surface area (Å²) < 4.78 is 0. The van der Waals surface area contributed by atoms with Crippen molar-refractivity contribution < 1.29 is 0 Å². The Bertz CT molecular complexity index is 303. The van der Waals surface area contributed by atoms with Crippen molar-refractivity contribution in [2.45, 2.75) is 32.6 Å². The van der Waals surface area contributed by atoms with Crippen LogP contribution in [0.5, 0.6) is 0 Å². The summed E-state index contributed by atoms with van der Waals surface area (Å²) in [4.78, 5) is 0. The standard InChI is InChI=1S/C12H17N.ClH/c1-12(2)8-7-11(12)9-3-5-10(13)6-4-9;/h3-6,11H,7-8,13H2,1-2H3;1H. The lowest BCUT2D eigenvalue weighted by Crippen LogP contribution is -2.32. The molecule has 1 saturated carbocycles. The van der Waals surface area contributed by atoms with Crippen molar-refractivity contribution in [3.8, 4) is 0 Å². The SMILES string of the molecule is CC1(C)CCC1c1ccc(N)cc1.Cl. The van der Waals surface area contributed by atoms with Crippen molar-refractivity contribution in [1.82, 2.24) is 0 Å². The minimum Gasteiger partial charge on any atom is -0.399 e. The Morgan fingerprint density at radius 3 is 2.14 bits per heavy atom. The van der Waals surface area contributed by atoms with Gasteiger partial charge in [-0.15, -0.1) is 12.4 Å². The summed E-state index contributed by atoms with van der Waals surface area (Å²) in [6.45, 7) is 4.69. The molecule has 0 aliphatic heterocycles. The van der Waals surface area contributed by atoms with Gasteiger partial charge in [-0.2, -0.15) is 0 Å². The van der Waals surface area contributed by atoms with Gasteiger partial charge < -0.3 is 5.73 Å². The lowest BCUT2D eigenvalue weighted by molar-refractivity contribution is 0.140. The average Bonchev–Trinajstić information content (AvgIpc) is 2.07. The molecule has 2 N–H and O–H groups in total. The molecule has 0 bridgehead atoms. The highest BCUT2D eigenvalue weighted by molar-refractivity contribution is 5.85. The van der Waals surface area contributed by atoms with Crippen LogP contribution >= 0.6 is 12.4 Å². The third-order valence-corrected chi connectivity index (χ3v) is 3.36. The van der Waals surface area contributed by atoms with E-state index in [2.05, 4.69) is 26.0 Å². The van der Waals surface area contributed by atoms with Crippen molar-refractivity contribution in [1.29, 1.82) is 0 Å². The Kier molecular flexibility index (Phi) is 3.10. The van der Waals surface area contributed by atoms with Crippen LogP contribution in [-0.4, -0.2) is 0 Å². The van der Waals surface area contributed by atoms with Gasteiger partial charge in [0.25, 0.3) is 0 Å². The Hall–Kier alpha value is -0.690. The normalized spacial score (nSPS) is 23.4. The molecule has 1 nitrogen and oxygen atoms in total. The summed E-state index contributed by atoms with van der Waals surface area (Å²) in [6.07, 6.45) is 2.68. The average molecular weight is 212 g/mol. The van der Waals surface area contributed by atoms with Gasteiger partial charge in [0, 0.05) is 5.69 Å². The molecule has 1 aromatic rings. The van der Waals surface area contributed by atoms with Crippen LogP contribution < -0.4 is 5.73 Å². The monoisotopic (exact) mass is 211 g/mol. The van der Waals surface area contributed by atoms with Crippen LogP contribution in [-0.2, 0) is 0 Å². The first-order chi connectivity index (χ1) is 6.09. The van der Waals surface area contributed by atoms with Crippen LogP contribution in [0.15, 0.2) is 24.3 Å². The highest BCUT2D eigenvalue weighted by atomic mass is 35.5. The molecule has 1 atom stereocenters. The molecule has 1 aliphatic carbocycles. The number of hydrogen-bond acceptors (Lipinski definition) is 1. The van der Waals surface area contributed by atoms with Crippen molar-refractivity contribution >= 4 is 18.1 Å². The molecule has 0 amide bonds. The third kappa shape index (κ3) is 1.88. The highest BCUT2D eigenvalue weighted by Crippen LogP contribution is 2.52. The number of nitrogen functional groups attached to an aromatic ring is 1. The summed E-state index contributed by atoms with van der Waals surface area (Å²) in [5, 5.41) is 0. The molecule has 0 aromatic heterocycles. The Labute approximate surface area is 92.1 Å². The van der Waals surface area contributed by atoms with Crippen LogP contribution in [0.1, 0.15) is 38.2 Å². The zero-order chi connectivity index (χ0) is 9.47. The van der Waals surface area contributed by atoms with Crippen molar-refractivity contribution in [3.05, 3.63) is 29.8 Å². The minimum atomic E-state index is 0. The van der Waals surface area contributed by atoms with Gasteiger partial charge in [0.15, 0.2) is 0 Å². The smallest absolute Gasteiger partial charge is 0.0314 e. The predicted octanol–water partition coefficient (Wildman–Crippen LogP) is 3.59. The van der Waals surface area contributed by atoms with E-state index in [9.17, 15) is 0 Å². The molecule has 78 valence electrons. The van der Waals surface area contributed by atoms with Gasteiger partial charge in [-0.1, -0.05) is 26.0 Å². The Balaban J connectivity index is 0.000000980. The van der Waals surface area contributed by atoms with E-state index < -0.39 is 0 Å². The quantitative estimate of drug-likeness (QED) is 0.706. The summed E-state index contributed by atoms with van der Waals surface area (Å²) >= 11 is 0. The topological polar surface area (TPSA) is 26.0 Å². The second-order valence-electron chi connectivity index (χ2n) is 4.75. The predicted molar refractivity (Wildman–Crippen MR) is 63.9 cm³/mol. The van der Waals surface area contributed by atoms with Gasteiger partial charge in [-0.25, -0.2) is 0 Å². The number of nitrogens with two attached hydrogens (primary N) is 1. The van der Waals surface area contributed by atoms with Crippen molar-refractivity contribution in [2.75, 3.05) is 5.73 Å². The van der Waals surface area contributed by atoms with Gasteiger partial charge in [-0.3, -0.25) is 0 Å². The molecular weight excluding hydrogens is 194 g/mol. The second kappa shape index (κ2) is 3.82. The van der Waals surface area contributed by atoms with Gasteiger partial charge in [0.05, 0.1) is 0 Å². The fourth-order valence-electron chi connectivity index (χ4n) is 2.21. The van der Waals surface area contributed by atoms with E-state index in [-0.39, 0.29) is 12.4 Å². The fourth-order valence-corrected chi connectivity index (χ4v) is 2.21. The van der Waals surface area contributed by atoms with E-state index >= 15 is 0 Å². The molecule has 0 radical (unpaired) electrons. The molecule has 14 heavy (non-hydrogen) atoms. The number of hydrogen-bond donors (Lipinski definition) is 1. The summed E-state index contributed by atoms with van der Waals surface area (Å²) in [5.41, 5.74) is 8.46. The molecule has 1 unspecified atom stereocenters. The molecule has 1 aromatic carbocycles. The molecule has 0 spiro atoms. The van der Waals surface area contributed by atoms with Crippen LogP contribution in [0.25, 0.3) is 0 Å². The third-order valence-electron chi connectivity index (χ3n) is 3.36.